The molecule has 0 spiro atoms. The lowest BCUT2D eigenvalue weighted by molar-refractivity contribution is 0.487. The Morgan fingerprint density at radius 2 is 0.859 bits per heavy atom. The van der Waals surface area contributed by atoms with Crippen LogP contribution in [0.3, 0.4) is 0 Å². The average molecular weight is 914 g/mol. The molecule has 8 heteroatoms. The molecule has 7 aliphatic heterocycles. The number of para-hydroxylation sites is 6. The smallest absolute Gasteiger partial charge is 0.256 e. The van der Waals surface area contributed by atoms with Gasteiger partial charge in [-0.05, 0) is 155 Å². The third-order valence-corrected chi connectivity index (χ3v) is 16.7. The van der Waals surface area contributed by atoms with Gasteiger partial charge in [-0.3, -0.25) is 0 Å². The molecule has 0 N–H and O–H groups in total. The quantitative estimate of drug-likeness (QED) is 0.163. The summed E-state index contributed by atoms with van der Waals surface area (Å²) in [4.78, 5) is 13.1. The second kappa shape index (κ2) is 15.2. The van der Waals surface area contributed by atoms with E-state index in [1.165, 1.54) is 118 Å². The molecule has 6 nitrogen and oxygen atoms in total. The Morgan fingerprint density at radius 1 is 0.338 bits per heavy atom. The van der Waals surface area contributed by atoms with Crippen LogP contribution in [0.5, 0.6) is 11.5 Å². The molecule has 9 aromatic rings. The van der Waals surface area contributed by atoms with Gasteiger partial charge in [-0.1, -0.05) is 115 Å². The van der Waals surface area contributed by atoms with E-state index in [2.05, 4.69) is 213 Å². The molecular formula is C63H49B2N5O. The van der Waals surface area contributed by atoms with Crippen molar-refractivity contribution in [3.05, 3.63) is 205 Å². The van der Waals surface area contributed by atoms with Crippen LogP contribution in [0.2, 0.25) is 0 Å². The maximum atomic E-state index is 7.11. The van der Waals surface area contributed by atoms with E-state index in [9.17, 15) is 0 Å². The minimum atomic E-state index is -0.0109. The first-order valence-corrected chi connectivity index (χ1v) is 25.9. The summed E-state index contributed by atoms with van der Waals surface area (Å²) in [6, 6.07) is 71.1. The van der Waals surface area contributed by atoms with Crippen molar-refractivity contribution in [2.45, 2.75) is 38.5 Å². The van der Waals surface area contributed by atoms with E-state index in [0.717, 1.165) is 69.7 Å². The lowest BCUT2D eigenvalue weighted by atomic mass is 9.30. The lowest BCUT2D eigenvalue weighted by Gasteiger charge is -2.49. The number of ether oxygens (including phenoxy) is 1. The number of nitrogens with zero attached hydrogens (tertiary/aromatic N) is 5. The molecule has 16 rings (SSSR count). The first kappa shape index (κ1) is 39.7. The van der Waals surface area contributed by atoms with Crippen LogP contribution in [0.4, 0.5) is 68.2 Å². The Labute approximate surface area is 416 Å². The number of anilines is 12. The zero-order valence-corrected chi connectivity index (χ0v) is 39.6. The fourth-order valence-electron chi connectivity index (χ4n) is 13.9. The first-order valence-electron chi connectivity index (χ1n) is 25.9. The Morgan fingerprint density at radius 3 is 1.58 bits per heavy atom. The highest BCUT2D eigenvalue weighted by atomic mass is 16.5. The SMILES string of the molecule is c1ccc(N2c3ccccc3B3c4cc5c6c(c4N(c4ccccc4)c4cc(N7CCCc8ccccc87)cc2c43)CCCN6c2cc(N3CCCc4ccccc43)cc3c2B5c2ccccc2O3)cc1. The van der Waals surface area contributed by atoms with Crippen LogP contribution >= 0.6 is 0 Å². The van der Waals surface area contributed by atoms with Crippen LogP contribution in [-0.2, 0) is 19.3 Å². The van der Waals surface area contributed by atoms with Crippen molar-refractivity contribution in [1.29, 1.82) is 0 Å². The van der Waals surface area contributed by atoms with Crippen LogP contribution < -0.4 is 62.0 Å². The molecule has 0 aliphatic carbocycles. The molecule has 338 valence electrons. The number of hydrogen-bond donors (Lipinski definition) is 0. The molecule has 0 bridgehead atoms. The van der Waals surface area contributed by atoms with Crippen molar-refractivity contribution in [2.75, 3.05) is 44.1 Å². The Kier molecular flexibility index (Phi) is 8.51. The monoisotopic (exact) mass is 913 g/mol. The minimum Gasteiger partial charge on any atom is -0.458 e. The Bertz CT molecular complexity index is 3690. The number of benzene rings is 9. The van der Waals surface area contributed by atoms with Gasteiger partial charge in [0.25, 0.3) is 13.4 Å². The molecule has 0 radical (unpaired) electrons. The molecule has 0 unspecified atom stereocenters. The van der Waals surface area contributed by atoms with Crippen LogP contribution in [0.15, 0.2) is 188 Å². The summed E-state index contributed by atoms with van der Waals surface area (Å²) in [6.45, 7) is 2.89. The van der Waals surface area contributed by atoms with Gasteiger partial charge in [-0.15, -0.1) is 0 Å². The number of hydrogen-bond acceptors (Lipinski definition) is 6. The number of aryl methyl sites for hydroxylation is 2. The maximum absolute atomic E-state index is 7.11. The van der Waals surface area contributed by atoms with E-state index in [-0.39, 0.29) is 13.4 Å². The van der Waals surface area contributed by atoms with Crippen molar-refractivity contribution in [1.82, 2.24) is 0 Å². The van der Waals surface area contributed by atoms with E-state index >= 15 is 0 Å². The average Bonchev–Trinajstić information content (AvgIpc) is 3.44. The summed E-state index contributed by atoms with van der Waals surface area (Å²) >= 11 is 0. The molecule has 0 fully saturated rings. The van der Waals surface area contributed by atoms with Gasteiger partial charge in [0.1, 0.15) is 11.5 Å². The molecule has 0 saturated heterocycles. The van der Waals surface area contributed by atoms with Gasteiger partial charge in [0.2, 0.25) is 0 Å². The molecule has 7 aliphatic rings. The highest BCUT2D eigenvalue weighted by Gasteiger charge is 2.50. The van der Waals surface area contributed by atoms with Crippen LogP contribution in [-0.4, -0.2) is 33.1 Å². The zero-order chi connectivity index (χ0) is 46.3. The van der Waals surface area contributed by atoms with Crippen LogP contribution in [0, 0.1) is 0 Å². The molecule has 71 heavy (non-hydrogen) atoms. The summed E-state index contributed by atoms with van der Waals surface area (Å²) in [5.41, 5.74) is 27.4. The second-order valence-electron chi connectivity index (χ2n) is 20.4. The van der Waals surface area contributed by atoms with Gasteiger partial charge >= 0.3 is 0 Å². The first-order chi connectivity index (χ1) is 35.2. The molecule has 0 atom stereocenters. The third kappa shape index (κ3) is 5.67. The largest absolute Gasteiger partial charge is 0.458 e. The van der Waals surface area contributed by atoms with Gasteiger partial charge in [0, 0.05) is 93.9 Å². The van der Waals surface area contributed by atoms with E-state index < -0.39 is 0 Å². The van der Waals surface area contributed by atoms with Crippen molar-refractivity contribution >= 4 is 114 Å². The van der Waals surface area contributed by atoms with E-state index in [1.54, 1.807) is 0 Å². The fourth-order valence-corrected chi connectivity index (χ4v) is 13.9. The topological polar surface area (TPSA) is 25.4 Å². The highest BCUT2D eigenvalue weighted by Crippen LogP contribution is 2.52. The summed E-state index contributed by atoms with van der Waals surface area (Å²) in [6.07, 6.45) is 6.47. The predicted molar refractivity (Wildman–Crippen MR) is 297 cm³/mol. The van der Waals surface area contributed by atoms with E-state index in [4.69, 9.17) is 4.74 Å². The van der Waals surface area contributed by atoms with Crippen molar-refractivity contribution in [2.24, 2.45) is 0 Å². The molecule has 0 amide bonds. The van der Waals surface area contributed by atoms with Crippen LogP contribution in [0.1, 0.15) is 36.0 Å². The number of fused-ring (bicyclic) bond motifs is 11. The molecule has 9 aromatic carbocycles. The lowest BCUT2D eigenvalue weighted by Crippen LogP contribution is -2.65. The van der Waals surface area contributed by atoms with Crippen molar-refractivity contribution < 1.29 is 4.74 Å². The Balaban J connectivity index is 0.996. The molecule has 7 heterocycles. The van der Waals surface area contributed by atoms with E-state index in [1.807, 2.05) is 0 Å². The number of rotatable bonds is 4. The molecule has 0 saturated carbocycles. The van der Waals surface area contributed by atoms with Crippen LogP contribution in [0.25, 0.3) is 0 Å². The summed E-state index contributed by atoms with van der Waals surface area (Å²) in [7, 11) is 0. The van der Waals surface area contributed by atoms with Gasteiger partial charge in [-0.25, -0.2) is 0 Å². The van der Waals surface area contributed by atoms with Gasteiger partial charge in [-0.2, -0.15) is 0 Å². The third-order valence-electron chi connectivity index (χ3n) is 16.7. The van der Waals surface area contributed by atoms with Crippen molar-refractivity contribution in [3.63, 3.8) is 0 Å². The molecule has 0 aromatic heterocycles. The van der Waals surface area contributed by atoms with Gasteiger partial charge < -0.3 is 29.2 Å². The predicted octanol–water partition coefficient (Wildman–Crippen LogP) is 11.0. The second-order valence-corrected chi connectivity index (χ2v) is 20.4. The normalized spacial score (nSPS) is 16.1. The fraction of sp³-hybridized carbons (Fsp3) is 0.143. The van der Waals surface area contributed by atoms with Gasteiger partial charge in [0.15, 0.2) is 0 Å². The zero-order valence-electron chi connectivity index (χ0n) is 39.6. The highest BCUT2D eigenvalue weighted by molar-refractivity contribution is 7.02. The summed E-state index contributed by atoms with van der Waals surface area (Å²) in [5.74, 6) is 1.93. The van der Waals surface area contributed by atoms with Gasteiger partial charge in [0.05, 0.1) is 0 Å². The maximum Gasteiger partial charge on any atom is 0.256 e. The Hall–Kier alpha value is -8.09. The van der Waals surface area contributed by atoms with E-state index in [0.29, 0.717) is 0 Å². The minimum absolute atomic E-state index is 0.00767. The molecular weight excluding hydrogens is 864 g/mol. The summed E-state index contributed by atoms with van der Waals surface area (Å²) < 4.78 is 7.11. The van der Waals surface area contributed by atoms with Crippen molar-refractivity contribution in [3.8, 4) is 11.5 Å². The standard InChI is InChI=1S/C63H49B2N5O/c1-3-22-43(23-4-1)69-54-31-13-9-27-48(54)64-51-40-50-62-47(63(51)70(44-24-5-2-6-25-44)57-38-45(37-56(69)60(57)64)66-33-15-20-41-18-7-11-29-52(41)66)26-17-35-68(62)55-36-46(67-34-16-21-42-19-8-12-30-53(42)67)39-59-61(55)65(50)49-28-10-14-32-58(49)71-59/h1-14,18-19,22-25,27-32,36-40H,15-17,20-21,26,33-35H2. The summed E-state index contributed by atoms with van der Waals surface area (Å²) in [5, 5.41) is 0.